The molecule has 0 saturated carbocycles. The molecule has 1 atom stereocenters. The third-order valence-electron chi connectivity index (χ3n) is 2.79. The van der Waals surface area contributed by atoms with Crippen LogP contribution in [0.3, 0.4) is 0 Å². The van der Waals surface area contributed by atoms with E-state index in [1.165, 1.54) is 11.1 Å². The smallest absolute Gasteiger partial charge is 0.115 e. The molecule has 0 aromatic heterocycles. The van der Waals surface area contributed by atoms with E-state index in [2.05, 4.69) is 25.1 Å². The molecule has 1 heteroatoms. The Labute approximate surface area is 96.4 Å². The fourth-order valence-electron chi connectivity index (χ4n) is 1.83. The van der Waals surface area contributed by atoms with Crippen LogP contribution in [0.4, 0.5) is 0 Å². The first kappa shape index (κ1) is 10.7. The van der Waals surface area contributed by atoms with Crippen molar-refractivity contribution in [3.8, 4) is 5.75 Å². The minimum Gasteiger partial charge on any atom is -0.508 e. The summed E-state index contributed by atoms with van der Waals surface area (Å²) in [6, 6.07) is 18.5. The molecule has 0 aliphatic carbocycles. The molecule has 2 rings (SSSR count). The fraction of sp³-hybridized carbons (Fsp3) is 0.200. The molecule has 2 aromatic carbocycles. The van der Waals surface area contributed by atoms with E-state index in [9.17, 15) is 5.11 Å². The number of hydrogen-bond acceptors (Lipinski definition) is 1. The number of phenolic OH excluding ortho intramolecular Hbond substituents is 1. The maximum atomic E-state index is 9.22. The van der Waals surface area contributed by atoms with Gasteiger partial charge in [-0.3, -0.25) is 0 Å². The highest BCUT2D eigenvalue weighted by atomic mass is 16.3. The summed E-state index contributed by atoms with van der Waals surface area (Å²) in [5.74, 6) is 0.785. The highest BCUT2D eigenvalue weighted by Crippen LogP contribution is 2.22. The van der Waals surface area contributed by atoms with Crippen molar-refractivity contribution in [1.82, 2.24) is 0 Å². The zero-order valence-electron chi connectivity index (χ0n) is 9.35. The Kier molecular flexibility index (Phi) is 3.25. The summed E-state index contributed by atoms with van der Waals surface area (Å²) in [5.41, 5.74) is 2.57. The van der Waals surface area contributed by atoms with Crippen LogP contribution < -0.4 is 0 Å². The van der Waals surface area contributed by atoms with Gasteiger partial charge in [-0.2, -0.15) is 0 Å². The summed E-state index contributed by atoms with van der Waals surface area (Å²) in [6.45, 7) is 2.20. The second kappa shape index (κ2) is 4.84. The van der Waals surface area contributed by atoms with Crippen molar-refractivity contribution in [2.75, 3.05) is 0 Å². The second-order valence-corrected chi connectivity index (χ2v) is 4.10. The van der Waals surface area contributed by atoms with Crippen LogP contribution in [-0.4, -0.2) is 5.11 Å². The van der Waals surface area contributed by atoms with Crippen molar-refractivity contribution >= 4 is 0 Å². The van der Waals surface area contributed by atoms with Gasteiger partial charge >= 0.3 is 0 Å². The number of phenols is 1. The van der Waals surface area contributed by atoms with E-state index in [0.29, 0.717) is 11.7 Å². The van der Waals surface area contributed by atoms with Crippen LogP contribution in [0, 0.1) is 6.07 Å². The molecule has 0 aliphatic rings. The van der Waals surface area contributed by atoms with E-state index in [1.54, 1.807) is 12.1 Å². The van der Waals surface area contributed by atoms with Gasteiger partial charge in [0.15, 0.2) is 0 Å². The third kappa shape index (κ3) is 2.63. The molecule has 1 nitrogen and oxygen atoms in total. The van der Waals surface area contributed by atoms with E-state index in [1.807, 2.05) is 24.3 Å². The maximum Gasteiger partial charge on any atom is 0.115 e. The average Bonchev–Trinajstić information content (AvgIpc) is 2.31. The molecule has 2 aromatic rings. The molecule has 0 amide bonds. The van der Waals surface area contributed by atoms with E-state index >= 15 is 0 Å². The van der Waals surface area contributed by atoms with Crippen LogP contribution in [0.15, 0.2) is 48.5 Å². The van der Waals surface area contributed by atoms with Gasteiger partial charge in [-0.05, 0) is 41.7 Å². The third-order valence-corrected chi connectivity index (χ3v) is 2.79. The minimum absolute atomic E-state index is 0.324. The lowest BCUT2D eigenvalue weighted by Crippen LogP contribution is -1.97. The normalized spacial score (nSPS) is 12.3. The molecule has 1 unspecified atom stereocenters. The van der Waals surface area contributed by atoms with Gasteiger partial charge in [0, 0.05) is 0 Å². The van der Waals surface area contributed by atoms with Crippen LogP contribution in [-0.2, 0) is 6.42 Å². The number of aromatic hydroxyl groups is 1. The zero-order valence-corrected chi connectivity index (χ0v) is 9.35. The first-order valence-electron chi connectivity index (χ1n) is 5.49. The summed E-state index contributed by atoms with van der Waals surface area (Å²) < 4.78 is 0. The van der Waals surface area contributed by atoms with Gasteiger partial charge in [-0.15, -0.1) is 0 Å². The molecule has 16 heavy (non-hydrogen) atoms. The Morgan fingerprint density at radius 1 is 1.06 bits per heavy atom. The predicted octanol–water partition coefficient (Wildman–Crippen LogP) is 3.54. The highest BCUT2D eigenvalue weighted by Gasteiger charge is 2.06. The Balaban J connectivity index is 2.09. The summed E-state index contributed by atoms with van der Waals surface area (Å²) in [6.07, 6.45) is 1.01. The summed E-state index contributed by atoms with van der Waals surface area (Å²) in [5, 5.41) is 9.22. The molecular weight excluding hydrogens is 196 g/mol. The molecule has 0 saturated heterocycles. The zero-order chi connectivity index (χ0) is 11.4. The largest absolute Gasteiger partial charge is 0.508 e. The van der Waals surface area contributed by atoms with Crippen LogP contribution in [0.25, 0.3) is 0 Å². The lowest BCUT2D eigenvalue weighted by atomic mass is 9.94. The van der Waals surface area contributed by atoms with E-state index in [0.717, 1.165) is 6.42 Å². The SMILES string of the molecule is CC(Cc1cc[c]cc1)c1ccc(O)cc1. The van der Waals surface area contributed by atoms with Crippen molar-refractivity contribution in [1.29, 1.82) is 0 Å². The first-order chi connectivity index (χ1) is 7.75. The van der Waals surface area contributed by atoms with E-state index < -0.39 is 0 Å². The van der Waals surface area contributed by atoms with Gasteiger partial charge in [-0.25, -0.2) is 0 Å². The maximum absolute atomic E-state index is 9.22. The van der Waals surface area contributed by atoms with Crippen molar-refractivity contribution in [3.05, 3.63) is 65.7 Å². The Hall–Kier alpha value is -1.76. The summed E-state index contributed by atoms with van der Waals surface area (Å²) >= 11 is 0. The van der Waals surface area contributed by atoms with Crippen molar-refractivity contribution in [3.63, 3.8) is 0 Å². The molecule has 0 heterocycles. The molecular formula is C15H15O. The van der Waals surface area contributed by atoms with Crippen LogP contribution in [0.2, 0.25) is 0 Å². The van der Waals surface area contributed by atoms with Gasteiger partial charge in [0.2, 0.25) is 0 Å². The highest BCUT2D eigenvalue weighted by molar-refractivity contribution is 5.29. The van der Waals surface area contributed by atoms with Crippen molar-refractivity contribution in [2.45, 2.75) is 19.3 Å². The van der Waals surface area contributed by atoms with Gasteiger partial charge < -0.3 is 5.11 Å². The second-order valence-electron chi connectivity index (χ2n) is 4.10. The topological polar surface area (TPSA) is 20.2 Å². The number of benzene rings is 2. The van der Waals surface area contributed by atoms with Crippen LogP contribution in [0.1, 0.15) is 24.0 Å². The quantitative estimate of drug-likeness (QED) is 0.823. The standard InChI is InChI=1S/C15H15O/c1-12(11-13-5-3-2-4-6-13)14-7-9-15(16)10-8-14/h3-10,12,16H,11H2,1H3. The number of hydrogen-bond donors (Lipinski definition) is 1. The first-order valence-corrected chi connectivity index (χ1v) is 5.49. The lowest BCUT2D eigenvalue weighted by molar-refractivity contribution is 0.475. The van der Waals surface area contributed by atoms with Crippen LogP contribution >= 0.6 is 0 Å². The lowest BCUT2D eigenvalue weighted by Gasteiger charge is -2.11. The van der Waals surface area contributed by atoms with Crippen LogP contribution in [0.5, 0.6) is 5.75 Å². The molecule has 1 N–H and O–H groups in total. The molecule has 0 spiro atoms. The Bertz CT molecular complexity index is 431. The summed E-state index contributed by atoms with van der Waals surface area (Å²) in [4.78, 5) is 0. The Morgan fingerprint density at radius 3 is 2.31 bits per heavy atom. The van der Waals surface area contributed by atoms with Gasteiger partial charge in [0.1, 0.15) is 5.75 Å². The molecule has 0 bridgehead atoms. The Morgan fingerprint density at radius 2 is 1.69 bits per heavy atom. The molecule has 1 radical (unpaired) electrons. The fourth-order valence-corrected chi connectivity index (χ4v) is 1.83. The van der Waals surface area contributed by atoms with E-state index in [-0.39, 0.29) is 0 Å². The monoisotopic (exact) mass is 211 g/mol. The predicted molar refractivity (Wildman–Crippen MR) is 65.5 cm³/mol. The van der Waals surface area contributed by atoms with Crippen molar-refractivity contribution in [2.24, 2.45) is 0 Å². The van der Waals surface area contributed by atoms with E-state index in [4.69, 9.17) is 0 Å². The van der Waals surface area contributed by atoms with Gasteiger partial charge in [-0.1, -0.05) is 43.3 Å². The number of rotatable bonds is 3. The molecule has 0 aliphatic heterocycles. The molecule has 0 fully saturated rings. The molecule has 81 valence electrons. The van der Waals surface area contributed by atoms with Crippen molar-refractivity contribution < 1.29 is 5.11 Å². The minimum atomic E-state index is 0.324. The summed E-state index contributed by atoms with van der Waals surface area (Å²) in [7, 11) is 0. The average molecular weight is 211 g/mol. The van der Waals surface area contributed by atoms with Gasteiger partial charge in [0.05, 0.1) is 0 Å². The van der Waals surface area contributed by atoms with Gasteiger partial charge in [0.25, 0.3) is 0 Å².